The zero-order chi connectivity index (χ0) is 19.4. The van der Waals surface area contributed by atoms with E-state index >= 15 is 0 Å². The molecule has 0 radical (unpaired) electrons. The van der Waals surface area contributed by atoms with E-state index in [1.54, 1.807) is 4.90 Å². The lowest BCUT2D eigenvalue weighted by Crippen LogP contribution is -2.48. The van der Waals surface area contributed by atoms with E-state index in [9.17, 15) is 18.4 Å². The number of nitrogens with zero attached hydrogens (tertiary/aromatic N) is 1. The molecule has 0 atom stereocenters. The van der Waals surface area contributed by atoms with Gasteiger partial charge in [-0.15, -0.1) is 0 Å². The normalized spacial score (nSPS) is 18.0. The van der Waals surface area contributed by atoms with E-state index in [1.165, 1.54) is 19.3 Å². The van der Waals surface area contributed by atoms with Gasteiger partial charge in [-0.2, -0.15) is 0 Å². The maximum Gasteiger partial charge on any atom is 0.322 e. The van der Waals surface area contributed by atoms with E-state index in [0.717, 1.165) is 38.4 Å². The Balaban J connectivity index is 1.74. The number of halogens is 2. The summed E-state index contributed by atoms with van der Waals surface area (Å²) in [4.78, 5) is 25.9. The zero-order valence-corrected chi connectivity index (χ0v) is 15.3. The number of hydrogen-bond donors (Lipinski definition) is 3. The first kappa shape index (κ1) is 19.5. The molecule has 1 aliphatic carbocycles. The first-order chi connectivity index (χ1) is 13.0. The summed E-state index contributed by atoms with van der Waals surface area (Å²) < 4.78 is 27.8. The smallest absolute Gasteiger partial charge is 0.322 e. The molecule has 0 spiro atoms. The average molecular weight is 380 g/mol. The van der Waals surface area contributed by atoms with Gasteiger partial charge in [0.15, 0.2) is 0 Å². The topological polar surface area (TPSA) is 87.5 Å². The fourth-order valence-electron chi connectivity index (χ4n) is 3.69. The van der Waals surface area contributed by atoms with Crippen LogP contribution in [0.15, 0.2) is 12.1 Å². The highest BCUT2D eigenvalue weighted by atomic mass is 19.1. The van der Waals surface area contributed by atoms with E-state index in [-0.39, 0.29) is 11.7 Å². The van der Waals surface area contributed by atoms with Crippen LogP contribution in [0, 0.1) is 17.6 Å². The molecule has 27 heavy (non-hydrogen) atoms. The van der Waals surface area contributed by atoms with Gasteiger partial charge < -0.3 is 21.3 Å². The first-order valence-electron chi connectivity index (χ1n) is 9.53. The molecule has 2 aliphatic rings. The van der Waals surface area contributed by atoms with E-state index in [1.807, 2.05) is 0 Å². The molecule has 1 saturated heterocycles. The van der Waals surface area contributed by atoms with Gasteiger partial charge >= 0.3 is 6.03 Å². The summed E-state index contributed by atoms with van der Waals surface area (Å²) >= 11 is 0. The monoisotopic (exact) mass is 380 g/mol. The largest absolute Gasteiger partial charge is 0.366 e. The van der Waals surface area contributed by atoms with Crippen LogP contribution in [0.2, 0.25) is 0 Å². The molecule has 1 saturated carbocycles. The second kappa shape index (κ2) is 8.65. The molecule has 1 aromatic carbocycles. The minimum Gasteiger partial charge on any atom is -0.366 e. The quantitative estimate of drug-likeness (QED) is 0.709. The molecule has 0 unspecified atom stereocenters. The van der Waals surface area contributed by atoms with Crippen LogP contribution >= 0.6 is 0 Å². The minimum absolute atomic E-state index is 0.0745. The molecule has 3 amide bonds. The molecule has 0 bridgehead atoms. The van der Waals surface area contributed by atoms with Gasteiger partial charge in [0.05, 0.1) is 11.3 Å². The molecular formula is C19H26F2N4O2. The second-order valence-electron chi connectivity index (χ2n) is 7.37. The number of rotatable bonds is 6. The van der Waals surface area contributed by atoms with Crippen LogP contribution in [-0.2, 0) is 0 Å². The Morgan fingerprint density at radius 2 is 1.85 bits per heavy atom. The number of anilines is 1. The number of benzene rings is 1. The van der Waals surface area contributed by atoms with E-state index < -0.39 is 29.1 Å². The van der Waals surface area contributed by atoms with Crippen molar-refractivity contribution in [1.82, 2.24) is 10.2 Å². The molecule has 1 heterocycles. The van der Waals surface area contributed by atoms with Crippen molar-refractivity contribution in [3.8, 4) is 0 Å². The molecule has 1 aliphatic heterocycles. The number of nitrogens with one attached hydrogen (secondary N) is 2. The predicted molar refractivity (Wildman–Crippen MR) is 98.5 cm³/mol. The van der Waals surface area contributed by atoms with Crippen molar-refractivity contribution in [1.29, 1.82) is 0 Å². The van der Waals surface area contributed by atoms with Crippen LogP contribution in [0.5, 0.6) is 0 Å². The summed E-state index contributed by atoms with van der Waals surface area (Å²) in [5.41, 5.74) is 4.42. The second-order valence-corrected chi connectivity index (χ2v) is 7.37. The van der Waals surface area contributed by atoms with Crippen LogP contribution in [-0.4, -0.2) is 42.5 Å². The Hall–Kier alpha value is -2.22. The molecular weight excluding hydrogens is 354 g/mol. The number of urea groups is 1. The maximum atomic E-state index is 14.1. The average Bonchev–Trinajstić information content (AvgIpc) is 2.59. The van der Waals surface area contributed by atoms with E-state index in [4.69, 9.17) is 5.73 Å². The molecule has 8 heteroatoms. The van der Waals surface area contributed by atoms with Crippen molar-refractivity contribution in [2.75, 3.05) is 25.0 Å². The van der Waals surface area contributed by atoms with Crippen LogP contribution < -0.4 is 16.4 Å². The van der Waals surface area contributed by atoms with Crippen LogP contribution in [0.4, 0.5) is 19.3 Å². The number of carbonyl (C=O) groups is 2. The number of nitrogens with two attached hydrogens (primary N) is 1. The van der Waals surface area contributed by atoms with Gasteiger partial charge in [0, 0.05) is 18.7 Å². The standard InChI is InChI=1S/C19H26F2N4O2/c20-15-11-16(21)17(10-14(15)18(22)26)24-19(27)25(9-6-12-2-1-3-12)13-4-7-23-8-5-13/h10-13,23H,1-9H2,(H2,22,26)(H,24,27). The van der Waals surface area contributed by atoms with E-state index in [2.05, 4.69) is 10.6 Å². The molecule has 4 N–H and O–H groups in total. The Morgan fingerprint density at radius 3 is 2.44 bits per heavy atom. The van der Waals surface area contributed by atoms with Gasteiger partial charge in [-0.3, -0.25) is 4.79 Å². The summed E-state index contributed by atoms with van der Waals surface area (Å²) in [6, 6.07) is 1.17. The zero-order valence-electron chi connectivity index (χ0n) is 15.3. The van der Waals surface area contributed by atoms with Crippen molar-refractivity contribution in [2.45, 2.75) is 44.6 Å². The molecule has 0 aromatic heterocycles. The lowest BCUT2D eigenvalue weighted by atomic mass is 9.83. The van der Waals surface area contributed by atoms with Crippen molar-refractivity contribution in [3.63, 3.8) is 0 Å². The predicted octanol–water partition coefficient (Wildman–Crippen LogP) is 2.84. The van der Waals surface area contributed by atoms with Gasteiger partial charge in [0.2, 0.25) is 0 Å². The van der Waals surface area contributed by atoms with Crippen molar-refractivity contribution in [2.24, 2.45) is 11.7 Å². The lowest BCUT2D eigenvalue weighted by molar-refractivity contribution is 0.0996. The summed E-state index contributed by atoms with van der Waals surface area (Å²) in [6.07, 6.45) is 6.20. The van der Waals surface area contributed by atoms with Crippen LogP contribution in [0.25, 0.3) is 0 Å². The fourth-order valence-corrected chi connectivity index (χ4v) is 3.69. The maximum absolute atomic E-state index is 14.1. The van der Waals surface area contributed by atoms with Crippen molar-refractivity contribution in [3.05, 3.63) is 29.3 Å². The van der Waals surface area contributed by atoms with Gasteiger partial charge in [-0.25, -0.2) is 13.6 Å². The van der Waals surface area contributed by atoms with Gasteiger partial charge in [-0.05, 0) is 44.3 Å². The first-order valence-corrected chi connectivity index (χ1v) is 9.53. The van der Waals surface area contributed by atoms with Gasteiger partial charge in [0.1, 0.15) is 11.6 Å². The number of carbonyl (C=O) groups excluding carboxylic acids is 2. The van der Waals surface area contributed by atoms with Crippen LogP contribution in [0.3, 0.4) is 0 Å². The van der Waals surface area contributed by atoms with Gasteiger partial charge in [0.25, 0.3) is 5.91 Å². The number of primary amides is 1. The van der Waals surface area contributed by atoms with Gasteiger partial charge in [-0.1, -0.05) is 19.3 Å². The van der Waals surface area contributed by atoms with Crippen molar-refractivity contribution >= 4 is 17.6 Å². The Morgan fingerprint density at radius 1 is 1.15 bits per heavy atom. The molecule has 3 rings (SSSR count). The highest BCUT2D eigenvalue weighted by molar-refractivity contribution is 5.96. The summed E-state index contributed by atoms with van der Waals surface area (Å²) in [5, 5.41) is 5.78. The molecule has 1 aromatic rings. The SMILES string of the molecule is NC(=O)c1cc(NC(=O)N(CCC2CCC2)C2CCNCC2)c(F)cc1F. The summed E-state index contributed by atoms with van der Waals surface area (Å²) in [5.74, 6) is -2.34. The highest BCUT2D eigenvalue weighted by Crippen LogP contribution is 2.30. The van der Waals surface area contributed by atoms with Crippen molar-refractivity contribution < 1.29 is 18.4 Å². The fraction of sp³-hybridized carbons (Fsp3) is 0.579. The summed E-state index contributed by atoms with van der Waals surface area (Å²) in [7, 11) is 0. The highest BCUT2D eigenvalue weighted by Gasteiger charge is 2.28. The Labute approximate surface area is 157 Å². The third kappa shape index (κ3) is 4.74. The van der Waals surface area contributed by atoms with Crippen LogP contribution in [0.1, 0.15) is 48.9 Å². The summed E-state index contributed by atoms with van der Waals surface area (Å²) in [6.45, 7) is 2.26. The molecule has 6 nitrogen and oxygen atoms in total. The number of amides is 3. The number of hydrogen-bond acceptors (Lipinski definition) is 3. The number of piperidine rings is 1. The molecule has 148 valence electrons. The molecule has 2 fully saturated rings. The Kier molecular flexibility index (Phi) is 6.26. The lowest BCUT2D eigenvalue weighted by Gasteiger charge is -2.36. The minimum atomic E-state index is -1.04. The Bertz CT molecular complexity index is 703. The third-order valence-corrected chi connectivity index (χ3v) is 5.58. The third-order valence-electron chi connectivity index (χ3n) is 5.58. The van der Waals surface area contributed by atoms with E-state index in [0.29, 0.717) is 18.5 Å².